The maximum absolute atomic E-state index is 14.1. The molecule has 0 spiro atoms. The summed E-state index contributed by atoms with van der Waals surface area (Å²) in [5, 5.41) is 14.2. The van der Waals surface area contributed by atoms with E-state index in [0.29, 0.717) is 21.8 Å². The van der Waals surface area contributed by atoms with Crippen LogP contribution in [0.1, 0.15) is 25.3 Å². The molecule has 25 heavy (non-hydrogen) atoms. The zero-order valence-electron chi connectivity index (χ0n) is 14.8. The molecule has 0 heterocycles. The summed E-state index contributed by atoms with van der Waals surface area (Å²) in [6.07, 6.45) is 0. The summed E-state index contributed by atoms with van der Waals surface area (Å²) < 4.78 is 14.1. The Labute approximate surface area is 161 Å². The summed E-state index contributed by atoms with van der Waals surface area (Å²) in [4.78, 5) is 0. The van der Waals surface area contributed by atoms with Gasteiger partial charge in [-0.2, -0.15) is 0 Å². The molecule has 0 aliphatic heterocycles. The van der Waals surface area contributed by atoms with Crippen LogP contribution in [0.25, 0.3) is 0 Å². The molecule has 0 amide bonds. The molecule has 0 aliphatic rings. The quantitative estimate of drug-likeness (QED) is 0.513. The van der Waals surface area contributed by atoms with E-state index in [4.69, 9.17) is 0 Å². The Hall–Kier alpha value is -1.71. The van der Waals surface area contributed by atoms with E-state index in [-0.39, 0.29) is 24.6 Å². The molecule has 4 heteroatoms. The Bertz CT molecular complexity index is 874. The van der Waals surface area contributed by atoms with Crippen molar-refractivity contribution in [1.29, 1.82) is 0 Å². The van der Waals surface area contributed by atoms with Crippen LogP contribution < -0.4 is 39.9 Å². The predicted octanol–water partition coefficient (Wildman–Crippen LogP) is 0.527. The first-order valence-electron chi connectivity index (χ1n) is 8.06. The SMILES string of the molecule is CC(C)c1ccc(P(=O)(c2ccccc2)c2ccccc2[O-])cc1.[Li+]. The average molecular weight is 342 g/mol. The number of rotatable bonds is 4. The van der Waals surface area contributed by atoms with Gasteiger partial charge in [-0.25, -0.2) is 0 Å². The average Bonchev–Trinajstić information content (AvgIpc) is 2.62. The van der Waals surface area contributed by atoms with E-state index >= 15 is 0 Å². The van der Waals surface area contributed by atoms with E-state index in [2.05, 4.69) is 13.8 Å². The van der Waals surface area contributed by atoms with Gasteiger partial charge < -0.3 is 9.67 Å². The number of hydrogen-bond acceptors (Lipinski definition) is 2. The zero-order chi connectivity index (χ0) is 17.2. The third-order valence-electron chi connectivity index (χ3n) is 4.25. The third kappa shape index (κ3) is 3.78. The molecule has 0 aliphatic carbocycles. The Balaban J connectivity index is 0.00000225. The van der Waals surface area contributed by atoms with Gasteiger partial charge in [-0.05, 0) is 11.5 Å². The van der Waals surface area contributed by atoms with Crippen molar-refractivity contribution in [2.45, 2.75) is 19.8 Å². The summed E-state index contributed by atoms with van der Waals surface area (Å²) in [7, 11) is -3.18. The Morgan fingerprint density at radius 1 is 0.760 bits per heavy atom. The van der Waals surface area contributed by atoms with Crippen molar-refractivity contribution in [1.82, 2.24) is 0 Å². The summed E-state index contributed by atoms with van der Waals surface area (Å²) in [5.74, 6) is 0.222. The van der Waals surface area contributed by atoms with Crippen molar-refractivity contribution in [3.05, 3.63) is 84.4 Å². The molecule has 0 bridgehead atoms. The van der Waals surface area contributed by atoms with Crippen molar-refractivity contribution < 1.29 is 28.5 Å². The molecule has 2 nitrogen and oxygen atoms in total. The van der Waals surface area contributed by atoms with Crippen molar-refractivity contribution in [2.75, 3.05) is 0 Å². The van der Waals surface area contributed by atoms with Gasteiger partial charge in [0.25, 0.3) is 0 Å². The number of para-hydroxylation sites is 1. The maximum Gasteiger partial charge on any atom is 1.00 e. The Morgan fingerprint density at radius 2 is 1.28 bits per heavy atom. The normalized spacial score (nSPS) is 13.1. The fraction of sp³-hybridized carbons (Fsp3) is 0.143. The fourth-order valence-electron chi connectivity index (χ4n) is 2.85. The molecular formula is C21H20LiO2P. The minimum Gasteiger partial charge on any atom is -0.872 e. The van der Waals surface area contributed by atoms with E-state index in [0.717, 1.165) is 0 Å². The summed E-state index contributed by atoms with van der Waals surface area (Å²) in [6.45, 7) is 4.25. The molecule has 1 unspecified atom stereocenters. The van der Waals surface area contributed by atoms with Gasteiger partial charge >= 0.3 is 18.9 Å². The summed E-state index contributed by atoms with van der Waals surface area (Å²) >= 11 is 0. The van der Waals surface area contributed by atoms with E-state index in [1.165, 1.54) is 11.6 Å². The van der Waals surface area contributed by atoms with Crippen molar-refractivity contribution >= 4 is 23.1 Å². The largest absolute Gasteiger partial charge is 1.00 e. The molecule has 0 fully saturated rings. The van der Waals surface area contributed by atoms with Crippen molar-refractivity contribution in [3.63, 3.8) is 0 Å². The Kier molecular flexibility index (Phi) is 6.36. The molecule has 1 atom stereocenters. The van der Waals surface area contributed by atoms with Crippen molar-refractivity contribution in [3.8, 4) is 5.75 Å². The van der Waals surface area contributed by atoms with Crippen LogP contribution >= 0.6 is 7.14 Å². The van der Waals surface area contributed by atoms with Gasteiger partial charge in [0.15, 0.2) is 7.14 Å². The van der Waals surface area contributed by atoms with Crippen LogP contribution in [0.5, 0.6) is 5.75 Å². The minimum absolute atomic E-state index is 0. The molecule has 0 saturated carbocycles. The van der Waals surface area contributed by atoms with Crippen LogP contribution in [0.15, 0.2) is 78.9 Å². The molecule has 3 rings (SSSR count). The second kappa shape index (κ2) is 8.11. The van der Waals surface area contributed by atoms with Gasteiger partial charge in [0.2, 0.25) is 0 Å². The summed E-state index contributed by atoms with van der Waals surface area (Å²) in [5.41, 5.74) is 1.19. The van der Waals surface area contributed by atoms with Crippen LogP contribution in [-0.2, 0) is 4.57 Å². The van der Waals surface area contributed by atoms with Crippen LogP contribution in [0, 0.1) is 0 Å². The Morgan fingerprint density at radius 3 is 1.84 bits per heavy atom. The van der Waals surface area contributed by atoms with Gasteiger partial charge in [-0.3, -0.25) is 0 Å². The molecule has 0 radical (unpaired) electrons. The van der Waals surface area contributed by atoms with Gasteiger partial charge in [-0.15, -0.1) is 0 Å². The first-order chi connectivity index (χ1) is 11.5. The zero-order valence-corrected chi connectivity index (χ0v) is 15.7. The number of hydrogen-bond donors (Lipinski definition) is 0. The van der Waals surface area contributed by atoms with Crippen LogP contribution in [-0.4, -0.2) is 0 Å². The molecule has 0 aromatic heterocycles. The van der Waals surface area contributed by atoms with Gasteiger partial charge in [0, 0.05) is 15.9 Å². The van der Waals surface area contributed by atoms with E-state index in [1.54, 1.807) is 18.2 Å². The fourth-order valence-corrected chi connectivity index (χ4v) is 5.55. The van der Waals surface area contributed by atoms with Gasteiger partial charge in [0.05, 0.1) is 0 Å². The molecular weight excluding hydrogens is 322 g/mol. The van der Waals surface area contributed by atoms with E-state index in [1.807, 2.05) is 54.6 Å². The van der Waals surface area contributed by atoms with Crippen LogP contribution in [0.4, 0.5) is 0 Å². The van der Waals surface area contributed by atoms with Gasteiger partial charge in [-0.1, -0.05) is 98.5 Å². The standard InChI is InChI=1S/C21H21O2P.Li/c1-16(2)17-12-14-19(15-13-17)24(23,18-8-4-3-5-9-18)21-11-7-6-10-20(21)22;/h3-16,22H,1-2H3;/q;+1/p-1. The monoisotopic (exact) mass is 342 g/mol. The molecule has 0 N–H and O–H groups in total. The van der Waals surface area contributed by atoms with Crippen molar-refractivity contribution in [2.24, 2.45) is 0 Å². The predicted molar refractivity (Wildman–Crippen MR) is 99.4 cm³/mol. The first-order valence-corrected chi connectivity index (χ1v) is 9.77. The van der Waals surface area contributed by atoms with E-state index < -0.39 is 7.14 Å². The third-order valence-corrected chi connectivity index (χ3v) is 7.35. The smallest absolute Gasteiger partial charge is 0.872 e. The molecule has 3 aromatic rings. The second-order valence-electron chi connectivity index (χ2n) is 6.16. The van der Waals surface area contributed by atoms with Crippen LogP contribution in [0.3, 0.4) is 0 Å². The molecule has 3 aromatic carbocycles. The van der Waals surface area contributed by atoms with E-state index in [9.17, 15) is 9.67 Å². The molecule has 122 valence electrons. The van der Waals surface area contributed by atoms with Gasteiger partial charge in [0.1, 0.15) is 0 Å². The van der Waals surface area contributed by atoms with Crippen LogP contribution in [0.2, 0.25) is 0 Å². The summed E-state index contributed by atoms with van der Waals surface area (Å²) in [6, 6.07) is 23.7. The first kappa shape index (κ1) is 19.6. The second-order valence-corrected chi connectivity index (χ2v) is 8.89. The topological polar surface area (TPSA) is 40.1 Å². The molecule has 0 saturated heterocycles. The minimum atomic E-state index is -3.18. The number of benzene rings is 3. The maximum atomic E-state index is 14.1.